The van der Waals surface area contributed by atoms with Gasteiger partial charge in [-0.25, -0.2) is 9.78 Å². The highest BCUT2D eigenvalue weighted by atomic mass is 32.2. The van der Waals surface area contributed by atoms with Crippen molar-refractivity contribution in [1.29, 1.82) is 0 Å². The molecule has 0 fully saturated rings. The fraction of sp³-hybridized carbons (Fsp3) is 0.214. The lowest BCUT2D eigenvalue weighted by Crippen LogP contribution is -2.05. The Labute approximate surface area is 115 Å². The molecule has 1 N–H and O–H groups in total. The maximum atomic E-state index is 11.3. The fourth-order valence-electron chi connectivity index (χ4n) is 1.80. The smallest absolute Gasteiger partial charge is 0.338 e. The molecule has 0 spiro atoms. The Bertz CT molecular complexity index is 600. The summed E-state index contributed by atoms with van der Waals surface area (Å²) in [6.45, 7) is 3.67. The van der Waals surface area contributed by atoms with Gasteiger partial charge in [-0.15, -0.1) is 11.8 Å². The topological polar surface area (TPSA) is 63.1 Å². The van der Waals surface area contributed by atoms with Gasteiger partial charge in [-0.3, -0.25) is 4.98 Å². The first kappa shape index (κ1) is 13.5. The summed E-state index contributed by atoms with van der Waals surface area (Å²) < 4.78 is 0. The maximum Gasteiger partial charge on any atom is 0.338 e. The maximum absolute atomic E-state index is 11.3. The van der Waals surface area contributed by atoms with Crippen molar-refractivity contribution in [3.05, 3.63) is 53.0 Å². The average Bonchev–Trinajstić information content (AvgIpc) is 2.36. The van der Waals surface area contributed by atoms with Crippen molar-refractivity contribution in [3.63, 3.8) is 0 Å². The molecule has 98 valence electrons. The van der Waals surface area contributed by atoms with Crippen LogP contribution in [0, 0.1) is 13.8 Å². The quantitative estimate of drug-likeness (QED) is 0.868. The van der Waals surface area contributed by atoms with E-state index in [1.165, 1.54) is 11.8 Å². The highest BCUT2D eigenvalue weighted by Gasteiger charge is 2.16. The van der Waals surface area contributed by atoms with E-state index in [0.29, 0.717) is 16.3 Å². The lowest BCUT2D eigenvalue weighted by Gasteiger charge is -2.09. The molecule has 0 saturated carbocycles. The molecule has 0 atom stereocenters. The van der Waals surface area contributed by atoms with Crippen LogP contribution in [0.1, 0.15) is 27.2 Å². The van der Waals surface area contributed by atoms with E-state index in [1.807, 2.05) is 19.1 Å². The highest BCUT2D eigenvalue weighted by Crippen LogP contribution is 2.27. The number of aromatic carboxylic acids is 1. The molecule has 2 aromatic heterocycles. The van der Waals surface area contributed by atoms with Crippen molar-refractivity contribution in [1.82, 2.24) is 9.97 Å². The average molecular weight is 274 g/mol. The van der Waals surface area contributed by atoms with Crippen molar-refractivity contribution in [2.24, 2.45) is 0 Å². The van der Waals surface area contributed by atoms with E-state index in [1.54, 1.807) is 25.4 Å². The molecule has 0 amide bonds. The van der Waals surface area contributed by atoms with Crippen LogP contribution < -0.4 is 0 Å². The van der Waals surface area contributed by atoms with Gasteiger partial charge < -0.3 is 5.11 Å². The molecule has 19 heavy (non-hydrogen) atoms. The predicted octanol–water partition coefficient (Wildman–Crippen LogP) is 3.08. The number of thioether (sulfide) groups is 1. The van der Waals surface area contributed by atoms with Gasteiger partial charge in [0.25, 0.3) is 0 Å². The Balaban J connectivity index is 2.27. The molecule has 0 bridgehead atoms. The largest absolute Gasteiger partial charge is 0.478 e. The van der Waals surface area contributed by atoms with E-state index in [-0.39, 0.29) is 0 Å². The first-order valence-electron chi connectivity index (χ1n) is 5.81. The molecule has 2 rings (SSSR count). The summed E-state index contributed by atoms with van der Waals surface area (Å²) in [4.78, 5) is 19.7. The predicted molar refractivity (Wildman–Crippen MR) is 74.5 cm³/mol. The normalized spacial score (nSPS) is 10.4. The number of nitrogens with zero attached hydrogens (tertiary/aromatic N) is 2. The van der Waals surface area contributed by atoms with Gasteiger partial charge in [0.05, 0.1) is 5.56 Å². The molecule has 0 aliphatic carbocycles. The van der Waals surface area contributed by atoms with Gasteiger partial charge >= 0.3 is 5.97 Å². The number of aryl methyl sites for hydroxylation is 2. The molecule has 0 aliphatic heterocycles. The summed E-state index contributed by atoms with van der Waals surface area (Å²) in [7, 11) is 0. The number of carboxylic acid groups (broad SMARTS) is 1. The second-order valence-electron chi connectivity index (χ2n) is 4.22. The summed E-state index contributed by atoms with van der Waals surface area (Å²) in [6, 6.07) is 5.61. The second-order valence-corrected chi connectivity index (χ2v) is 5.18. The Morgan fingerprint density at radius 3 is 2.84 bits per heavy atom. The lowest BCUT2D eigenvalue weighted by molar-refractivity contribution is 0.0691. The van der Waals surface area contributed by atoms with Crippen LogP contribution in [0.2, 0.25) is 0 Å². The van der Waals surface area contributed by atoms with Crippen LogP contribution in [0.15, 0.2) is 35.6 Å². The van der Waals surface area contributed by atoms with Gasteiger partial charge in [0.1, 0.15) is 5.03 Å². The van der Waals surface area contributed by atoms with Crippen LogP contribution in [0.4, 0.5) is 0 Å². The highest BCUT2D eigenvalue weighted by molar-refractivity contribution is 7.98. The lowest BCUT2D eigenvalue weighted by atomic mass is 10.1. The molecule has 4 nitrogen and oxygen atoms in total. The monoisotopic (exact) mass is 274 g/mol. The number of aromatic nitrogens is 2. The van der Waals surface area contributed by atoms with Crippen LogP contribution in [-0.2, 0) is 5.75 Å². The summed E-state index contributed by atoms with van der Waals surface area (Å²) in [5.74, 6) is -0.275. The molecule has 2 aromatic rings. The molecule has 0 aromatic carbocycles. The summed E-state index contributed by atoms with van der Waals surface area (Å²) >= 11 is 1.42. The van der Waals surface area contributed by atoms with Crippen LogP contribution in [0.25, 0.3) is 0 Å². The minimum atomic E-state index is -0.932. The number of rotatable bonds is 4. The van der Waals surface area contributed by atoms with E-state index in [2.05, 4.69) is 9.97 Å². The summed E-state index contributed by atoms with van der Waals surface area (Å²) in [6.07, 6.45) is 3.49. The molecule has 0 saturated heterocycles. The zero-order valence-corrected chi connectivity index (χ0v) is 11.6. The number of hydrogen-bond donors (Lipinski definition) is 1. The molecular formula is C14H14N2O2S. The number of carbonyl (C=O) groups is 1. The Hall–Kier alpha value is -1.88. The first-order valence-corrected chi connectivity index (χ1v) is 6.79. The second kappa shape index (κ2) is 5.84. The van der Waals surface area contributed by atoms with E-state index in [0.717, 1.165) is 16.8 Å². The first-order chi connectivity index (χ1) is 9.08. The minimum Gasteiger partial charge on any atom is -0.478 e. The SMILES string of the molecule is Cc1cc(C)c(C(=O)O)c(SCc2cccnc2)n1. The van der Waals surface area contributed by atoms with E-state index in [4.69, 9.17) is 0 Å². The van der Waals surface area contributed by atoms with Crippen LogP contribution in [0.5, 0.6) is 0 Å². The third-order valence-corrected chi connectivity index (χ3v) is 3.67. The zero-order valence-electron chi connectivity index (χ0n) is 10.8. The van der Waals surface area contributed by atoms with Crippen molar-refractivity contribution in [3.8, 4) is 0 Å². The number of hydrogen-bond acceptors (Lipinski definition) is 4. The van der Waals surface area contributed by atoms with E-state index < -0.39 is 5.97 Å². The van der Waals surface area contributed by atoms with Crippen molar-refractivity contribution >= 4 is 17.7 Å². The summed E-state index contributed by atoms with van der Waals surface area (Å²) in [5, 5.41) is 9.83. The van der Waals surface area contributed by atoms with Crippen molar-refractivity contribution in [2.45, 2.75) is 24.6 Å². The molecule has 0 radical (unpaired) electrons. The molecular weight excluding hydrogens is 260 g/mol. The fourth-order valence-corrected chi connectivity index (χ4v) is 2.88. The summed E-state index contributed by atoms with van der Waals surface area (Å²) in [5.41, 5.74) is 2.91. The van der Waals surface area contributed by atoms with Gasteiger partial charge in [-0.05, 0) is 37.1 Å². The molecule has 5 heteroatoms. The van der Waals surface area contributed by atoms with Crippen LogP contribution in [0.3, 0.4) is 0 Å². The van der Waals surface area contributed by atoms with Gasteiger partial charge in [-0.1, -0.05) is 6.07 Å². The third-order valence-electron chi connectivity index (χ3n) is 2.62. The van der Waals surface area contributed by atoms with Crippen LogP contribution >= 0.6 is 11.8 Å². The van der Waals surface area contributed by atoms with Gasteiger partial charge in [-0.2, -0.15) is 0 Å². The Kier molecular flexibility index (Phi) is 4.16. The van der Waals surface area contributed by atoms with Crippen LogP contribution in [-0.4, -0.2) is 21.0 Å². The molecule has 0 aliphatic rings. The third kappa shape index (κ3) is 3.32. The van der Waals surface area contributed by atoms with Gasteiger partial charge in [0.2, 0.25) is 0 Å². The zero-order chi connectivity index (χ0) is 13.8. The Morgan fingerprint density at radius 2 is 2.21 bits per heavy atom. The minimum absolute atomic E-state index is 0.291. The molecule has 2 heterocycles. The van der Waals surface area contributed by atoms with E-state index in [9.17, 15) is 9.90 Å². The van der Waals surface area contributed by atoms with Crippen molar-refractivity contribution < 1.29 is 9.90 Å². The number of pyridine rings is 2. The van der Waals surface area contributed by atoms with Gasteiger partial charge in [0.15, 0.2) is 0 Å². The van der Waals surface area contributed by atoms with Gasteiger partial charge in [0, 0.05) is 23.8 Å². The van der Waals surface area contributed by atoms with E-state index >= 15 is 0 Å². The molecule has 0 unspecified atom stereocenters. The Morgan fingerprint density at radius 1 is 1.42 bits per heavy atom. The number of carboxylic acids is 1. The standard InChI is InChI=1S/C14H14N2O2S/c1-9-6-10(2)16-13(12(9)14(17)18)19-8-11-4-3-5-15-7-11/h3-7H,8H2,1-2H3,(H,17,18). The van der Waals surface area contributed by atoms with Crippen molar-refractivity contribution in [2.75, 3.05) is 0 Å².